The van der Waals surface area contributed by atoms with Gasteiger partial charge in [0.2, 0.25) is 0 Å². The Kier molecular flexibility index (Phi) is 7.48. The molecule has 0 fully saturated rings. The van der Waals surface area contributed by atoms with Gasteiger partial charge in [0, 0.05) is 12.1 Å². The SMILES string of the molecule is COc1ccc(CNC(=O)[C@@H](C)[NH2+][C@@H](C)c2ccc(OC)c(Br)c2)cc1. The maximum atomic E-state index is 12.4. The monoisotopic (exact) mass is 421 g/mol. The highest BCUT2D eigenvalue weighted by Gasteiger charge is 2.20. The van der Waals surface area contributed by atoms with Crippen molar-refractivity contribution in [3.8, 4) is 11.5 Å². The third-order valence-corrected chi connectivity index (χ3v) is 4.94. The average molecular weight is 422 g/mol. The van der Waals surface area contributed by atoms with Crippen molar-refractivity contribution in [1.29, 1.82) is 0 Å². The van der Waals surface area contributed by atoms with Gasteiger partial charge in [-0.3, -0.25) is 4.79 Å². The minimum absolute atomic E-state index is 0.0141. The number of nitrogens with one attached hydrogen (secondary N) is 1. The Morgan fingerprint density at radius 1 is 1.12 bits per heavy atom. The first-order valence-corrected chi connectivity index (χ1v) is 9.33. The van der Waals surface area contributed by atoms with Gasteiger partial charge in [-0.15, -0.1) is 0 Å². The summed E-state index contributed by atoms with van der Waals surface area (Å²) in [5.74, 6) is 1.62. The molecule has 0 bridgehead atoms. The van der Waals surface area contributed by atoms with E-state index in [4.69, 9.17) is 9.47 Å². The summed E-state index contributed by atoms with van der Waals surface area (Å²) in [6, 6.07) is 13.6. The predicted octanol–water partition coefficient (Wildman–Crippen LogP) is 2.80. The number of quaternary nitrogens is 1. The summed E-state index contributed by atoms with van der Waals surface area (Å²) in [4.78, 5) is 12.4. The molecule has 0 saturated heterocycles. The third-order valence-electron chi connectivity index (χ3n) is 4.32. The lowest BCUT2D eigenvalue weighted by molar-refractivity contribution is -0.710. The zero-order valence-corrected chi connectivity index (χ0v) is 17.2. The van der Waals surface area contributed by atoms with Crippen molar-refractivity contribution in [2.24, 2.45) is 0 Å². The second-order valence-corrected chi connectivity index (χ2v) is 7.08. The minimum atomic E-state index is -0.191. The zero-order chi connectivity index (χ0) is 19.1. The molecule has 2 aromatic carbocycles. The van der Waals surface area contributed by atoms with Gasteiger partial charge in [0.1, 0.15) is 17.5 Å². The Morgan fingerprint density at radius 2 is 1.81 bits per heavy atom. The van der Waals surface area contributed by atoms with Crippen LogP contribution < -0.4 is 20.1 Å². The number of halogens is 1. The molecule has 26 heavy (non-hydrogen) atoms. The molecule has 2 atom stereocenters. The first kappa shape index (κ1) is 20.3. The van der Waals surface area contributed by atoms with Gasteiger partial charge in [0.05, 0.1) is 18.7 Å². The van der Waals surface area contributed by atoms with Crippen LogP contribution in [0.1, 0.15) is 31.0 Å². The van der Waals surface area contributed by atoms with Gasteiger partial charge >= 0.3 is 0 Å². The molecule has 0 radical (unpaired) electrons. The lowest BCUT2D eigenvalue weighted by atomic mass is 10.1. The van der Waals surface area contributed by atoms with E-state index < -0.39 is 0 Å². The van der Waals surface area contributed by atoms with Crippen molar-refractivity contribution in [2.75, 3.05) is 14.2 Å². The fourth-order valence-electron chi connectivity index (χ4n) is 2.69. The van der Waals surface area contributed by atoms with Crippen molar-refractivity contribution in [3.63, 3.8) is 0 Å². The standard InChI is InChI=1S/C20H25BrN2O3/c1-13(16-7-10-19(26-4)18(21)11-16)23-14(2)20(24)22-12-15-5-8-17(25-3)9-6-15/h5-11,13-14,23H,12H2,1-4H3,(H,22,24)/p+1/t13-,14+/m0/s1. The topological polar surface area (TPSA) is 64.2 Å². The largest absolute Gasteiger partial charge is 0.497 e. The summed E-state index contributed by atoms with van der Waals surface area (Å²) in [6.07, 6.45) is 0. The van der Waals surface area contributed by atoms with E-state index in [1.54, 1.807) is 14.2 Å². The minimum Gasteiger partial charge on any atom is -0.497 e. The van der Waals surface area contributed by atoms with Gasteiger partial charge in [-0.2, -0.15) is 0 Å². The van der Waals surface area contributed by atoms with Crippen LogP contribution in [0.2, 0.25) is 0 Å². The Hall–Kier alpha value is -2.05. The number of ether oxygens (including phenoxy) is 2. The molecule has 0 unspecified atom stereocenters. The molecule has 0 aliphatic rings. The van der Waals surface area contributed by atoms with Crippen LogP contribution in [-0.2, 0) is 11.3 Å². The van der Waals surface area contributed by atoms with E-state index in [9.17, 15) is 4.79 Å². The summed E-state index contributed by atoms with van der Waals surface area (Å²) >= 11 is 3.50. The van der Waals surface area contributed by atoms with Crippen LogP contribution in [0.4, 0.5) is 0 Å². The van der Waals surface area contributed by atoms with Gasteiger partial charge in [-0.25, -0.2) is 0 Å². The Labute approximate surface area is 163 Å². The molecular formula is C20H26BrN2O3+. The molecule has 2 rings (SSSR count). The van der Waals surface area contributed by atoms with E-state index in [-0.39, 0.29) is 18.0 Å². The molecule has 3 N–H and O–H groups in total. The van der Waals surface area contributed by atoms with E-state index in [1.807, 2.05) is 49.4 Å². The van der Waals surface area contributed by atoms with Crippen LogP contribution in [0.15, 0.2) is 46.9 Å². The lowest BCUT2D eigenvalue weighted by Gasteiger charge is -2.17. The highest BCUT2D eigenvalue weighted by molar-refractivity contribution is 9.10. The van der Waals surface area contributed by atoms with Crippen LogP contribution in [0.5, 0.6) is 11.5 Å². The van der Waals surface area contributed by atoms with Crippen molar-refractivity contribution in [1.82, 2.24) is 5.32 Å². The van der Waals surface area contributed by atoms with Crippen molar-refractivity contribution >= 4 is 21.8 Å². The maximum Gasteiger partial charge on any atom is 0.278 e. The van der Waals surface area contributed by atoms with Crippen molar-refractivity contribution < 1.29 is 19.6 Å². The Morgan fingerprint density at radius 3 is 2.38 bits per heavy atom. The van der Waals surface area contributed by atoms with Crippen molar-refractivity contribution in [2.45, 2.75) is 32.5 Å². The molecule has 1 amide bonds. The average Bonchev–Trinajstić information content (AvgIpc) is 2.66. The van der Waals surface area contributed by atoms with Gasteiger partial charge < -0.3 is 20.1 Å². The van der Waals surface area contributed by atoms with E-state index in [0.717, 1.165) is 27.1 Å². The molecule has 0 spiro atoms. The summed E-state index contributed by atoms with van der Waals surface area (Å²) < 4.78 is 11.3. The van der Waals surface area contributed by atoms with Crippen LogP contribution in [0, 0.1) is 0 Å². The number of hydrogen-bond donors (Lipinski definition) is 2. The fraction of sp³-hybridized carbons (Fsp3) is 0.350. The summed E-state index contributed by atoms with van der Waals surface area (Å²) in [7, 11) is 3.28. The fourth-order valence-corrected chi connectivity index (χ4v) is 3.25. The Bertz CT molecular complexity index is 734. The highest BCUT2D eigenvalue weighted by Crippen LogP contribution is 2.27. The van der Waals surface area contributed by atoms with E-state index in [0.29, 0.717) is 6.54 Å². The maximum absolute atomic E-state index is 12.4. The second kappa shape index (κ2) is 9.59. The first-order chi connectivity index (χ1) is 12.4. The van der Waals surface area contributed by atoms with Gasteiger partial charge in [-0.05, 0) is 65.7 Å². The number of carbonyl (C=O) groups excluding carboxylic acids is 1. The number of amides is 1. The number of carbonyl (C=O) groups is 1. The molecule has 0 saturated carbocycles. The van der Waals surface area contributed by atoms with Crippen LogP contribution in [0.3, 0.4) is 0 Å². The van der Waals surface area contributed by atoms with E-state index in [2.05, 4.69) is 33.5 Å². The summed E-state index contributed by atoms with van der Waals surface area (Å²) in [6.45, 7) is 4.50. The Balaban J connectivity index is 1.88. The highest BCUT2D eigenvalue weighted by atomic mass is 79.9. The number of hydrogen-bond acceptors (Lipinski definition) is 3. The summed E-state index contributed by atoms with van der Waals surface area (Å²) in [5.41, 5.74) is 2.17. The van der Waals surface area contributed by atoms with E-state index in [1.165, 1.54) is 0 Å². The molecule has 5 nitrogen and oxygen atoms in total. The third kappa shape index (κ3) is 5.47. The molecule has 0 heterocycles. The van der Waals surface area contributed by atoms with Crippen LogP contribution in [0.25, 0.3) is 0 Å². The molecule has 0 aliphatic heterocycles. The zero-order valence-electron chi connectivity index (χ0n) is 15.6. The molecule has 140 valence electrons. The quantitative estimate of drug-likeness (QED) is 0.688. The van der Waals surface area contributed by atoms with E-state index >= 15 is 0 Å². The summed E-state index contributed by atoms with van der Waals surface area (Å²) in [5, 5.41) is 5.04. The van der Waals surface area contributed by atoms with Gasteiger partial charge in [0.25, 0.3) is 5.91 Å². The van der Waals surface area contributed by atoms with Gasteiger partial charge in [-0.1, -0.05) is 12.1 Å². The van der Waals surface area contributed by atoms with Crippen molar-refractivity contribution in [3.05, 3.63) is 58.1 Å². The molecule has 0 aromatic heterocycles. The number of nitrogens with two attached hydrogens (primary N) is 1. The molecular weight excluding hydrogens is 396 g/mol. The van der Waals surface area contributed by atoms with Crippen LogP contribution >= 0.6 is 15.9 Å². The van der Waals surface area contributed by atoms with Crippen LogP contribution in [-0.4, -0.2) is 26.2 Å². The number of methoxy groups -OCH3 is 2. The smallest absolute Gasteiger partial charge is 0.278 e. The first-order valence-electron chi connectivity index (χ1n) is 8.53. The lowest BCUT2D eigenvalue weighted by Crippen LogP contribution is -2.92. The number of benzene rings is 2. The predicted molar refractivity (Wildman–Crippen MR) is 105 cm³/mol. The molecule has 0 aliphatic carbocycles. The normalized spacial score (nSPS) is 13.0. The number of rotatable bonds is 8. The van der Waals surface area contributed by atoms with Gasteiger partial charge in [0.15, 0.2) is 6.04 Å². The second-order valence-electron chi connectivity index (χ2n) is 6.23. The molecule has 6 heteroatoms. The molecule has 2 aromatic rings.